The van der Waals surface area contributed by atoms with Gasteiger partial charge in [0.15, 0.2) is 6.29 Å². The number of ether oxygens (including phenoxy) is 2. The maximum atomic E-state index is 10.5. The lowest BCUT2D eigenvalue weighted by molar-refractivity contribution is -0.300. The number of carbonyl (C=O) groups excluding carboxylic acids is 1. The van der Waals surface area contributed by atoms with Crippen molar-refractivity contribution >= 4 is 5.91 Å². The molecule has 0 aliphatic carbocycles. The van der Waals surface area contributed by atoms with Crippen LogP contribution in [0.2, 0.25) is 0 Å². The summed E-state index contributed by atoms with van der Waals surface area (Å²) in [6.07, 6.45) is -6.67. The van der Waals surface area contributed by atoms with Gasteiger partial charge >= 0.3 is 0 Å². The lowest BCUT2D eigenvalue weighted by atomic mass is 9.99. The maximum absolute atomic E-state index is 10.5. The number of rotatable bonds is 5. The smallest absolute Gasteiger partial charge is 0.219 e. The van der Waals surface area contributed by atoms with E-state index in [-0.39, 0.29) is 13.0 Å². The summed E-state index contributed by atoms with van der Waals surface area (Å²) < 4.78 is 10.0. The molecule has 8 nitrogen and oxygen atoms in total. The monoisotopic (exact) mass is 251 g/mol. The molecule has 1 aliphatic rings. The van der Waals surface area contributed by atoms with E-state index in [0.717, 1.165) is 0 Å². The van der Waals surface area contributed by atoms with Gasteiger partial charge in [-0.15, -0.1) is 0 Å². The van der Waals surface area contributed by atoms with Crippen LogP contribution in [0.3, 0.4) is 0 Å². The molecule has 0 bridgehead atoms. The van der Waals surface area contributed by atoms with Gasteiger partial charge in [-0.25, -0.2) is 0 Å². The van der Waals surface area contributed by atoms with E-state index in [1.54, 1.807) is 0 Å². The highest BCUT2D eigenvalue weighted by atomic mass is 16.7. The number of primary amides is 1. The Hall–Kier alpha value is -0.770. The number of amides is 1. The van der Waals surface area contributed by atoms with Crippen molar-refractivity contribution in [1.82, 2.24) is 0 Å². The van der Waals surface area contributed by atoms with Gasteiger partial charge in [-0.05, 0) is 0 Å². The van der Waals surface area contributed by atoms with Crippen molar-refractivity contribution in [2.24, 2.45) is 5.73 Å². The van der Waals surface area contributed by atoms with Gasteiger partial charge in [-0.2, -0.15) is 0 Å². The largest absolute Gasteiger partial charge is 0.394 e. The molecule has 1 aliphatic heterocycles. The van der Waals surface area contributed by atoms with Crippen LogP contribution in [0.4, 0.5) is 0 Å². The third kappa shape index (κ3) is 3.60. The fourth-order valence-electron chi connectivity index (χ4n) is 1.48. The van der Waals surface area contributed by atoms with E-state index in [2.05, 4.69) is 0 Å². The van der Waals surface area contributed by atoms with Crippen LogP contribution >= 0.6 is 0 Å². The van der Waals surface area contributed by atoms with Crippen LogP contribution in [0.15, 0.2) is 0 Å². The van der Waals surface area contributed by atoms with Gasteiger partial charge in [0, 0.05) is 6.42 Å². The second kappa shape index (κ2) is 6.24. The van der Waals surface area contributed by atoms with Crippen molar-refractivity contribution in [3.05, 3.63) is 0 Å². The summed E-state index contributed by atoms with van der Waals surface area (Å²) in [5.41, 5.74) is 4.89. The van der Waals surface area contributed by atoms with Gasteiger partial charge in [0.05, 0.1) is 13.2 Å². The predicted molar refractivity (Wildman–Crippen MR) is 53.5 cm³/mol. The number of hydrogen-bond donors (Lipinski definition) is 5. The first kappa shape index (κ1) is 14.3. The van der Waals surface area contributed by atoms with E-state index < -0.39 is 43.2 Å². The second-order valence-corrected chi connectivity index (χ2v) is 3.78. The molecule has 1 fully saturated rings. The van der Waals surface area contributed by atoms with Crippen LogP contribution in [0.1, 0.15) is 6.42 Å². The predicted octanol–water partition coefficient (Wildman–Crippen LogP) is -3.32. The highest BCUT2D eigenvalue weighted by Crippen LogP contribution is 2.21. The molecule has 0 saturated carbocycles. The number of nitrogens with two attached hydrogens (primary N) is 1. The highest BCUT2D eigenvalue weighted by molar-refractivity contribution is 5.73. The molecule has 1 heterocycles. The Kier molecular flexibility index (Phi) is 5.25. The fraction of sp³-hybridized carbons (Fsp3) is 0.889. The standard InChI is InChI=1S/C9H17NO7/c10-5(12)1-2-16-9-8(15)7(14)6(13)4(3-11)17-9/h4,6-9,11,13-15H,1-3H2,(H2,10,12)/t4-,6+,7+,8-,9-/m1/s1. The van der Waals surface area contributed by atoms with Gasteiger partial charge in [-0.1, -0.05) is 0 Å². The third-order valence-corrected chi connectivity index (χ3v) is 2.48. The number of hydrogen-bond acceptors (Lipinski definition) is 7. The number of carbonyl (C=O) groups is 1. The molecule has 17 heavy (non-hydrogen) atoms. The average molecular weight is 251 g/mol. The molecule has 0 spiro atoms. The van der Waals surface area contributed by atoms with Crippen LogP contribution in [-0.4, -0.2) is 70.3 Å². The summed E-state index contributed by atoms with van der Waals surface area (Å²) in [5, 5.41) is 37.3. The first-order chi connectivity index (χ1) is 7.97. The number of aliphatic hydroxyl groups is 4. The Morgan fingerprint density at radius 2 is 1.88 bits per heavy atom. The van der Waals surface area contributed by atoms with Crippen molar-refractivity contribution < 1.29 is 34.7 Å². The van der Waals surface area contributed by atoms with Crippen LogP contribution in [0, 0.1) is 0 Å². The molecule has 0 aromatic carbocycles. The summed E-state index contributed by atoms with van der Waals surface area (Å²) in [6.45, 7) is -0.612. The molecule has 5 atom stereocenters. The van der Waals surface area contributed by atoms with Crippen LogP contribution in [-0.2, 0) is 14.3 Å². The molecule has 1 saturated heterocycles. The molecular weight excluding hydrogens is 234 g/mol. The van der Waals surface area contributed by atoms with Crippen molar-refractivity contribution in [3.63, 3.8) is 0 Å². The van der Waals surface area contributed by atoms with Crippen LogP contribution in [0.25, 0.3) is 0 Å². The average Bonchev–Trinajstić information content (AvgIpc) is 2.29. The van der Waals surface area contributed by atoms with Gasteiger partial charge < -0.3 is 35.6 Å². The second-order valence-electron chi connectivity index (χ2n) is 3.78. The molecule has 8 heteroatoms. The van der Waals surface area contributed by atoms with Crippen molar-refractivity contribution in [2.75, 3.05) is 13.2 Å². The molecule has 0 unspecified atom stereocenters. The summed E-state index contributed by atoms with van der Waals surface area (Å²) in [6, 6.07) is 0. The molecule has 6 N–H and O–H groups in total. The topological polar surface area (TPSA) is 142 Å². The lowest BCUT2D eigenvalue weighted by Crippen LogP contribution is -2.59. The lowest BCUT2D eigenvalue weighted by Gasteiger charge is -2.39. The van der Waals surface area contributed by atoms with Gasteiger partial charge in [0.2, 0.25) is 5.91 Å². The van der Waals surface area contributed by atoms with E-state index in [4.69, 9.17) is 20.3 Å². The minimum atomic E-state index is -1.49. The van der Waals surface area contributed by atoms with Gasteiger partial charge in [0.1, 0.15) is 24.4 Å². The molecule has 0 radical (unpaired) electrons. The summed E-state index contributed by atoms with van der Waals surface area (Å²) in [7, 11) is 0. The Labute approximate surface area is 97.6 Å². The zero-order valence-corrected chi connectivity index (χ0v) is 9.10. The molecule has 0 aromatic heterocycles. The molecule has 0 aromatic rings. The summed E-state index contributed by atoms with van der Waals surface area (Å²) >= 11 is 0. The van der Waals surface area contributed by atoms with Crippen molar-refractivity contribution in [1.29, 1.82) is 0 Å². The Morgan fingerprint density at radius 1 is 1.24 bits per heavy atom. The summed E-state index contributed by atoms with van der Waals surface area (Å²) in [4.78, 5) is 10.5. The van der Waals surface area contributed by atoms with Crippen molar-refractivity contribution in [3.8, 4) is 0 Å². The minimum absolute atomic E-state index is 0.0605. The van der Waals surface area contributed by atoms with Crippen LogP contribution in [0.5, 0.6) is 0 Å². The Morgan fingerprint density at radius 3 is 2.41 bits per heavy atom. The van der Waals surface area contributed by atoms with E-state index in [1.165, 1.54) is 0 Å². The Bertz CT molecular complexity index is 260. The van der Waals surface area contributed by atoms with E-state index in [9.17, 15) is 20.1 Å². The normalized spacial score (nSPS) is 38.0. The zero-order chi connectivity index (χ0) is 13.0. The maximum Gasteiger partial charge on any atom is 0.219 e. The van der Waals surface area contributed by atoms with Gasteiger partial charge in [-0.3, -0.25) is 4.79 Å². The molecular formula is C9H17NO7. The van der Waals surface area contributed by atoms with Crippen LogP contribution < -0.4 is 5.73 Å². The molecule has 100 valence electrons. The Balaban J connectivity index is 2.50. The SMILES string of the molecule is NC(=O)CCO[C@@H]1O[C@H](CO)[C@H](O)[C@H](O)[C@H]1O. The summed E-state index contributed by atoms with van der Waals surface area (Å²) in [5.74, 6) is -0.574. The molecule has 1 rings (SSSR count). The quantitative estimate of drug-likeness (QED) is 0.344. The highest BCUT2D eigenvalue weighted by Gasteiger charge is 2.43. The van der Waals surface area contributed by atoms with E-state index >= 15 is 0 Å². The van der Waals surface area contributed by atoms with E-state index in [1.807, 2.05) is 0 Å². The molecule has 1 amide bonds. The first-order valence-corrected chi connectivity index (χ1v) is 5.17. The van der Waals surface area contributed by atoms with E-state index in [0.29, 0.717) is 0 Å². The zero-order valence-electron chi connectivity index (χ0n) is 9.10. The fourth-order valence-corrected chi connectivity index (χ4v) is 1.48. The van der Waals surface area contributed by atoms with Crippen molar-refractivity contribution in [2.45, 2.75) is 37.1 Å². The number of aliphatic hydroxyl groups excluding tert-OH is 4. The first-order valence-electron chi connectivity index (χ1n) is 5.17. The van der Waals surface area contributed by atoms with Gasteiger partial charge in [0.25, 0.3) is 0 Å². The minimum Gasteiger partial charge on any atom is -0.394 e. The third-order valence-electron chi connectivity index (χ3n) is 2.48.